The lowest BCUT2D eigenvalue weighted by Gasteiger charge is -2.18. The summed E-state index contributed by atoms with van der Waals surface area (Å²) in [5.74, 6) is -0.914. The molecule has 384 valence electrons. The minimum atomic E-state index is -0.788. The van der Waals surface area contributed by atoms with Gasteiger partial charge in [-0.05, 0) is 83.5 Å². The molecular formula is C60H108O6. The zero-order chi connectivity index (χ0) is 47.9. The van der Waals surface area contributed by atoms with E-state index < -0.39 is 6.10 Å². The van der Waals surface area contributed by atoms with Crippen molar-refractivity contribution in [2.75, 3.05) is 13.2 Å². The Bertz CT molecular complexity index is 1150. The molecule has 0 heterocycles. The highest BCUT2D eigenvalue weighted by atomic mass is 16.6. The summed E-state index contributed by atoms with van der Waals surface area (Å²) in [7, 11) is 0. The molecule has 66 heavy (non-hydrogen) atoms. The first kappa shape index (κ1) is 63.4. The van der Waals surface area contributed by atoms with Crippen molar-refractivity contribution in [2.45, 2.75) is 303 Å². The summed E-state index contributed by atoms with van der Waals surface area (Å²) < 4.78 is 16.8. The molecule has 0 aliphatic carbocycles. The van der Waals surface area contributed by atoms with E-state index >= 15 is 0 Å². The zero-order valence-electron chi connectivity index (χ0n) is 44.0. The minimum absolute atomic E-state index is 0.0846. The van der Waals surface area contributed by atoms with Crippen LogP contribution in [0.15, 0.2) is 48.6 Å². The van der Waals surface area contributed by atoms with E-state index in [1.165, 1.54) is 186 Å². The quantitative estimate of drug-likeness (QED) is 0.0262. The second-order valence-corrected chi connectivity index (χ2v) is 19.2. The molecule has 0 bridgehead atoms. The van der Waals surface area contributed by atoms with Crippen molar-refractivity contribution in [3.05, 3.63) is 48.6 Å². The number of allylic oxidation sites excluding steroid dienone is 8. The Morgan fingerprint density at radius 1 is 0.303 bits per heavy atom. The Hall–Kier alpha value is -2.63. The average molecular weight is 926 g/mol. The normalized spacial score (nSPS) is 12.3. The van der Waals surface area contributed by atoms with E-state index in [-0.39, 0.29) is 31.1 Å². The van der Waals surface area contributed by atoms with Gasteiger partial charge in [0, 0.05) is 19.3 Å². The minimum Gasteiger partial charge on any atom is -0.462 e. The number of esters is 3. The molecule has 6 nitrogen and oxygen atoms in total. The molecule has 0 spiro atoms. The molecule has 0 amide bonds. The van der Waals surface area contributed by atoms with Crippen molar-refractivity contribution in [2.24, 2.45) is 0 Å². The summed E-state index contributed by atoms with van der Waals surface area (Å²) in [5.41, 5.74) is 0. The van der Waals surface area contributed by atoms with Crippen LogP contribution in [0, 0.1) is 0 Å². The number of hydrogen-bond donors (Lipinski definition) is 0. The van der Waals surface area contributed by atoms with Gasteiger partial charge in [-0.25, -0.2) is 0 Å². The van der Waals surface area contributed by atoms with Crippen LogP contribution < -0.4 is 0 Å². The molecular weight excluding hydrogens is 817 g/mol. The lowest BCUT2D eigenvalue weighted by atomic mass is 10.0. The summed E-state index contributed by atoms with van der Waals surface area (Å²) in [6, 6.07) is 0. The predicted molar refractivity (Wildman–Crippen MR) is 284 cm³/mol. The molecule has 0 N–H and O–H groups in total. The third-order valence-electron chi connectivity index (χ3n) is 12.6. The Kier molecular flexibility index (Phi) is 52.8. The molecule has 6 heteroatoms. The van der Waals surface area contributed by atoms with Gasteiger partial charge in [-0.2, -0.15) is 0 Å². The molecule has 0 rings (SSSR count). The smallest absolute Gasteiger partial charge is 0.306 e. The Morgan fingerprint density at radius 3 is 0.924 bits per heavy atom. The van der Waals surface area contributed by atoms with E-state index in [0.29, 0.717) is 19.3 Å². The third-order valence-corrected chi connectivity index (χ3v) is 12.6. The van der Waals surface area contributed by atoms with E-state index in [4.69, 9.17) is 14.2 Å². The van der Waals surface area contributed by atoms with Gasteiger partial charge < -0.3 is 14.2 Å². The summed E-state index contributed by atoms with van der Waals surface area (Å²) in [4.78, 5) is 38.1. The van der Waals surface area contributed by atoms with Crippen LogP contribution in [-0.2, 0) is 28.6 Å². The zero-order valence-corrected chi connectivity index (χ0v) is 44.0. The third kappa shape index (κ3) is 52.3. The Balaban J connectivity index is 4.40. The highest BCUT2D eigenvalue weighted by Gasteiger charge is 2.19. The van der Waals surface area contributed by atoms with Crippen molar-refractivity contribution in [1.29, 1.82) is 0 Å². The fourth-order valence-electron chi connectivity index (χ4n) is 8.21. The first-order valence-corrected chi connectivity index (χ1v) is 28.6. The molecule has 0 saturated carbocycles. The van der Waals surface area contributed by atoms with Crippen LogP contribution in [0.2, 0.25) is 0 Å². The maximum Gasteiger partial charge on any atom is 0.306 e. The molecule has 0 radical (unpaired) electrons. The van der Waals surface area contributed by atoms with Gasteiger partial charge in [0.05, 0.1) is 0 Å². The maximum absolute atomic E-state index is 12.8. The summed E-state index contributed by atoms with van der Waals surface area (Å²) in [6.07, 6.45) is 66.7. The van der Waals surface area contributed by atoms with Gasteiger partial charge in [-0.15, -0.1) is 0 Å². The fraction of sp³-hybridized carbons (Fsp3) is 0.817. The van der Waals surface area contributed by atoms with Gasteiger partial charge in [0.1, 0.15) is 13.2 Å². The fourth-order valence-corrected chi connectivity index (χ4v) is 8.21. The van der Waals surface area contributed by atoms with Crippen LogP contribution >= 0.6 is 0 Å². The SMILES string of the molecule is CCCCC/C=C\C/C=C\C/C=C\CCCCC(=O)OC[C@H](COC(=O)CCCCCCCCC/C=C\CCCCCCCC)OC(=O)CCCCCCCCCCCCCCCCCC. The first-order valence-electron chi connectivity index (χ1n) is 28.6. The van der Waals surface area contributed by atoms with E-state index in [0.717, 1.165) is 70.6 Å². The first-order chi connectivity index (χ1) is 32.5. The summed E-state index contributed by atoms with van der Waals surface area (Å²) >= 11 is 0. The van der Waals surface area contributed by atoms with Crippen molar-refractivity contribution < 1.29 is 28.6 Å². The van der Waals surface area contributed by atoms with E-state index in [2.05, 4.69) is 69.4 Å². The van der Waals surface area contributed by atoms with Crippen LogP contribution in [0.5, 0.6) is 0 Å². The Morgan fingerprint density at radius 2 is 0.545 bits per heavy atom. The monoisotopic (exact) mass is 925 g/mol. The van der Waals surface area contributed by atoms with Gasteiger partial charge in [0.15, 0.2) is 6.10 Å². The molecule has 0 aromatic rings. The summed E-state index contributed by atoms with van der Waals surface area (Å²) in [5, 5.41) is 0. The Labute approximate surface area is 409 Å². The standard InChI is InChI=1S/C60H108O6/c1-4-7-10-13-16-19-22-25-28-30-33-35-38-41-44-47-50-53-59(62)65-56-57(55-64-58(61)52-49-46-43-40-37-34-31-27-24-21-18-15-12-9-6-3)66-60(63)54-51-48-45-42-39-36-32-29-26-23-20-17-14-11-8-5-2/h18,21,25,27-28,31,37,40,57H,4-17,19-20,22-24,26,29-30,32-36,38-39,41-56H2,1-3H3/b21-18-,28-25-,31-27-,40-37-/t57-/m1/s1. The number of hydrogen-bond acceptors (Lipinski definition) is 6. The van der Waals surface area contributed by atoms with Crippen LogP contribution in [0.25, 0.3) is 0 Å². The molecule has 0 saturated heterocycles. The lowest BCUT2D eigenvalue weighted by molar-refractivity contribution is -0.167. The molecule has 0 aromatic heterocycles. The molecule has 1 atom stereocenters. The van der Waals surface area contributed by atoms with Crippen LogP contribution in [0.1, 0.15) is 297 Å². The molecule has 0 aliphatic heterocycles. The largest absolute Gasteiger partial charge is 0.462 e. The number of rotatable bonds is 52. The van der Waals surface area contributed by atoms with Gasteiger partial charge in [-0.1, -0.05) is 243 Å². The summed E-state index contributed by atoms with van der Waals surface area (Å²) in [6.45, 7) is 6.60. The van der Waals surface area contributed by atoms with Crippen LogP contribution in [0.3, 0.4) is 0 Å². The second kappa shape index (κ2) is 55.0. The second-order valence-electron chi connectivity index (χ2n) is 19.2. The van der Waals surface area contributed by atoms with E-state index in [9.17, 15) is 14.4 Å². The number of ether oxygens (including phenoxy) is 3. The van der Waals surface area contributed by atoms with Gasteiger partial charge in [0.25, 0.3) is 0 Å². The van der Waals surface area contributed by atoms with Gasteiger partial charge in [0.2, 0.25) is 0 Å². The van der Waals surface area contributed by atoms with Crippen molar-refractivity contribution in [3.63, 3.8) is 0 Å². The molecule has 0 unspecified atom stereocenters. The highest BCUT2D eigenvalue weighted by molar-refractivity contribution is 5.71. The molecule has 0 fully saturated rings. The van der Waals surface area contributed by atoms with Crippen LogP contribution in [-0.4, -0.2) is 37.2 Å². The van der Waals surface area contributed by atoms with Crippen molar-refractivity contribution >= 4 is 17.9 Å². The topological polar surface area (TPSA) is 78.9 Å². The highest BCUT2D eigenvalue weighted by Crippen LogP contribution is 2.16. The van der Waals surface area contributed by atoms with Gasteiger partial charge in [-0.3, -0.25) is 14.4 Å². The van der Waals surface area contributed by atoms with E-state index in [1.54, 1.807) is 0 Å². The molecule has 0 aromatic carbocycles. The maximum atomic E-state index is 12.8. The number of carbonyl (C=O) groups excluding carboxylic acids is 3. The lowest BCUT2D eigenvalue weighted by Crippen LogP contribution is -2.30. The number of unbranched alkanes of at least 4 members (excludes halogenated alkanes) is 33. The van der Waals surface area contributed by atoms with Crippen molar-refractivity contribution in [3.8, 4) is 0 Å². The van der Waals surface area contributed by atoms with Gasteiger partial charge >= 0.3 is 17.9 Å². The van der Waals surface area contributed by atoms with Crippen LogP contribution in [0.4, 0.5) is 0 Å². The number of carbonyl (C=O) groups is 3. The van der Waals surface area contributed by atoms with Crippen molar-refractivity contribution in [1.82, 2.24) is 0 Å². The predicted octanol–water partition coefficient (Wildman–Crippen LogP) is 19.0. The van der Waals surface area contributed by atoms with E-state index in [1.807, 2.05) is 0 Å². The molecule has 0 aliphatic rings. The average Bonchev–Trinajstić information content (AvgIpc) is 3.31.